The van der Waals surface area contributed by atoms with Crippen molar-refractivity contribution in [3.8, 4) is 0 Å². The Bertz CT molecular complexity index is 394. The van der Waals surface area contributed by atoms with Crippen molar-refractivity contribution in [2.75, 3.05) is 13.2 Å². The van der Waals surface area contributed by atoms with E-state index in [1.807, 2.05) is 6.07 Å². The van der Waals surface area contributed by atoms with Crippen molar-refractivity contribution >= 4 is 0 Å². The Morgan fingerprint density at radius 1 is 1.50 bits per heavy atom. The van der Waals surface area contributed by atoms with Crippen LogP contribution in [0.4, 0.5) is 4.39 Å². The molecule has 1 aliphatic rings. The molecule has 0 amide bonds. The number of hydrogen-bond acceptors (Lipinski definition) is 2. The fraction of sp³-hybridized carbons (Fsp3) is 0.600. The summed E-state index contributed by atoms with van der Waals surface area (Å²) >= 11 is 0. The number of fused-ring (bicyclic) bond motifs is 1. The second-order valence-corrected chi connectivity index (χ2v) is 5.31. The molecular formula is C15H22FNO. The minimum absolute atomic E-state index is 0.136. The molecule has 1 aliphatic carbocycles. The molecule has 0 saturated carbocycles. The minimum atomic E-state index is -0.136. The predicted octanol–water partition coefficient (Wildman–Crippen LogP) is 2.81. The van der Waals surface area contributed by atoms with E-state index in [-0.39, 0.29) is 12.4 Å². The Balaban J connectivity index is 1.99. The molecule has 0 aromatic heterocycles. The molecule has 100 valence electrons. The Labute approximate surface area is 108 Å². The van der Waals surface area contributed by atoms with E-state index in [0.717, 1.165) is 37.8 Å². The summed E-state index contributed by atoms with van der Waals surface area (Å²) in [6.45, 7) is 3.29. The van der Waals surface area contributed by atoms with Crippen molar-refractivity contribution < 1.29 is 9.50 Å². The largest absolute Gasteiger partial charge is 0.396 e. The maximum atomic E-state index is 13.2. The van der Waals surface area contributed by atoms with Crippen LogP contribution < -0.4 is 5.32 Å². The molecule has 2 nitrogen and oxygen atoms in total. The number of halogens is 1. The van der Waals surface area contributed by atoms with E-state index in [1.54, 1.807) is 12.1 Å². The third-order valence-electron chi connectivity index (χ3n) is 3.75. The maximum Gasteiger partial charge on any atom is 0.123 e. The number of aliphatic hydroxyl groups is 1. The number of hydrogen-bond donors (Lipinski definition) is 2. The van der Waals surface area contributed by atoms with E-state index in [1.165, 1.54) is 5.56 Å². The lowest BCUT2D eigenvalue weighted by molar-refractivity contribution is 0.256. The number of rotatable bonds is 5. The van der Waals surface area contributed by atoms with E-state index >= 15 is 0 Å². The molecule has 1 aromatic carbocycles. The minimum Gasteiger partial charge on any atom is -0.396 e. The highest BCUT2D eigenvalue weighted by Crippen LogP contribution is 2.30. The maximum absolute atomic E-state index is 13.2. The van der Waals surface area contributed by atoms with Gasteiger partial charge in [-0.1, -0.05) is 13.0 Å². The lowest BCUT2D eigenvalue weighted by atomic mass is 9.87. The number of nitrogens with one attached hydrogen (secondary N) is 1. The molecule has 0 fully saturated rings. The van der Waals surface area contributed by atoms with Crippen LogP contribution in [0, 0.1) is 11.7 Å². The normalized spacial score (nSPS) is 20.5. The highest BCUT2D eigenvalue weighted by atomic mass is 19.1. The predicted molar refractivity (Wildman–Crippen MR) is 70.9 cm³/mol. The second kappa shape index (κ2) is 6.30. The van der Waals surface area contributed by atoms with Gasteiger partial charge in [0, 0.05) is 12.6 Å². The lowest BCUT2D eigenvalue weighted by Crippen LogP contribution is -2.29. The summed E-state index contributed by atoms with van der Waals surface area (Å²) in [5, 5.41) is 12.4. The Kier molecular flexibility index (Phi) is 4.72. The van der Waals surface area contributed by atoms with E-state index in [0.29, 0.717) is 12.0 Å². The molecule has 0 spiro atoms. The monoisotopic (exact) mass is 251 g/mol. The molecule has 0 aliphatic heterocycles. The summed E-state index contributed by atoms with van der Waals surface area (Å²) < 4.78 is 13.2. The fourth-order valence-corrected chi connectivity index (χ4v) is 2.66. The first kappa shape index (κ1) is 13.5. The Hall–Kier alpha value is -0.930. The SMILES string of the molecule is C[C@H](CCO)CN[C@H]1CCCc2cc(F)ccc21. The van der Waals surface area contributed by atoms with Gasteiger partial charge in [-0.25, -0.2) is 4.39 Å². The van der Waals surface area contributed by atoms with Crippen molar-refractivity contribution in [2.45, 2.75) is 38.6 Å². The highest BCUT2D eigenvalue weighted by molar-refractivity contribution is 5.32. The summed E-state index contributed by atoms with van der Waals surface area (Å²) in [6.07, 6.45) is 4.04. The molecule has 2 atom stereocenters. The van der Waals surface area contributed by atoms with Crippen LogP contribution in [-0.2, 0) is 6.42 Å². The summed E-state index contributed by atoms with van der Waals surface area (Å²) in [5.74, 6) is 0.337. The molecule has 3 heteroatoms. The molecule has 0 unspecified atom stereocenters. The summed E-state index contributed by atoms with van der Waals surface area (Å²) in [6, 6.07) is 5.48. The molecule has 0 radical (unpaired) electrons. The third kappa shape index (κ3) is 3.30. The molecule has 0 bridgehead atoms. The standard InChI is InChI=1S/C15H22FNO/c1-11(7-8-18)10-17-15-4-2-3-12-9-13(16)5-6-14(12)15/h5-6,9,11,15,17-18H,2-4,7-8,10H2,1H3/t11-,15+/m1/s1. The van der Waals surface area contributed by atoms with Gasteiger partial charge in [0.2, 0.25) is 0 Å². The average molecular weight is 251 g/mol. The van der Waals surface area contributed by atoms with Crippen LogP contribution >= 0.6 is 0 Å². The third-order valence-corrected chi connectivity index (χ3v) is 3.75. The van der Waals surface area contributed by atoms with Crippen molar-refractivity contribution in [1.82, 2.24) is 5.32 Å². The van der Waals surface area contributed by atoms with E-state index in [4.69, 9.17) is 5.11 Å². The molecule has 18 heavy (non-hydrogen) atoms. The van der Waals surface area contributed by atoms with Crippen molar-refractivity contribution in [3.63, 3.8) is 0 Å². The summed E-state index contributed by atoms with van der Waals surface area (Å²) in [7, 11) is 0. The molecule has 0 saturated heterocycles. The van der Waals surface area contributed by atoms with Crippen LogP contribution in [0.3, 0.4) is 0 Å². The van der Waals surface area contributed by atoms with Gasteiger partial charge in [-0.3, -0.25) is 0 Å². The van der Waals surface area contributed by atoms with Gasteiger partial charge in [0.1, 0.15) is 5.82 Å². The highest BCUT2D eigenvalue weighted by Gasteiger charge is 2.20. The van der Waals surface area contributed by atoms with Gasteiger partial charge in [-0.2, -0.15) is 0 Å². The first-order chi connectivity index (χ1) is 8.70. The van der Waals surface area contributed by atoms with Crippen LogP contribution in [0.25, 0.3) is 0 Å². The van der Waals surface area contributed by atoms with E-state index in [9.17, 15) is 4.39 Å². The van der Waals surface area contributed by atoms with Crippen LogP contribution in [0.2, 0.25) is 0 Å². The van der Waals surface area contributed by atoms with Crippen LogP contribution in [0.1, 0.15) is 43.4 Å². The number of benzene rings is 1. The van der Waals surface area contributed by atoms with Gasteiger partial charge in [0.15, 0.2) is 0 Å². The van der Waals surface area contributed by atoms with E-state index < -0.39 is 0 Å². The topological polar surface area (TPSA) is 32.3 Å². The quantitative estimate of drug-likeness (QED) is 0.843. The Morgan fingerprint density at radius 3 is 3.11 bits per heavy atom. The van der Waals surface area contributed by atoms with Gasteiger partial charge >= 0.3 is 0 Å². The van der Waals surface area contributed by atoms with Crippen LogP contribution in [-0.4, -0.2) is 18.3 Å². The van der Waals surface area contributed by atoms with Gasteiger partial charge in [0.05, 0.1) is 0 Å². The second-order valence-electron chi connectivity index (χ2n) is 5.31. The zero-order chi connectivity index (χ0) is 13.0. The molecule has 0 heterocycles. The number of aryl methyl sites for hydroxylation is 1. The molecule has 1 aromatic rings. The summed E-state index contributed by atoms with van der Waals surface area (Å²) in [5.41, 5.74) is 2.40. The molecule has 2 N–H and O–H groups in total. The van der Waals surface area contributed by atoms with Crippen LogP contribution in [0.15, 0.2) is 18.2 Å². The lowest BCUT2D eigenvalue weighted by Gasteiger charge is -2.27. The summed E-state index contributed by atoms with van der Waals surface area (Å²) in [4.78, 5) is 0. The first-order valence-corrected chi connectivity index (χ1v) is 6.83. The smallest absolute Gasteiger partial charge is 0.123 e. The van der Waals surface area contributed by atoms with Crippen molar-refractivity contribution in [3.05, 3.63) is 35.1 Å². The van der Waals surface area contributed by atoms with Gasteiger partial charge in [-0.05, 0) is 61.4 Å². The number of aliphatic hydroxyl groups excluding tert-OH is 1. The van der Waals surface area contributed by atoms with Crippen LogP contribution in [0.5, 0.6) is 0 Å². The van der Waals surface area contributed by atoms with Gasteiger partial charge in [0.25, 0.3) is 0 Å². The zero-order valence-corrected chi connectivity index (χ0v) is 11.0. The van der Waals surface area contributed by atoms with Crippen molar-refractivity contribution in [1.29, 1.82) is 0 Å². The Morgan fingerprint density at radius 2 is 2.33 bits per heavy atom. The average Bonchev–Trinajstić information content (AvgIpc) is 2.36. The van der Waals surface area contributed by atoms with Gasteiger partial charge < -0.3 is 10.4 Å². The van der Waals surface area contributed by atoms with E-state index in [2.05, 4.69) is 12.2 Å². The molecule has 2 rings (SSSR count). The van der Waals surface area contributed by atoms with Crippen molar-refractivity contribution in [2.24, 2.45) is 5.92 Å². The zero-order valence-electron chi connectivity index (χ0n) is 11.0. The molecular weight excluding hydrogens is 229 g/mol. The van der Waals surface area contributed by atoms with Gasteiger partial charge in [-0.15, -0.1) is 0 Å². The first-order valence-electron chi connectivity index (χ1n) is 6.83. The fourth-order valence-electron chi connectivity index (χ4n) is 2.66.